The predicted octanol–water partition coefficient (Wildman–Crippen LogP) is 2.36. The summed E-state index contributed by atoms with van der Waals surface area (Å²) in [6.07, 6.45) is 5.33. The van der Waals surface area contributed by atoms with E-state index in [4.69, 9.17) is 0 Å². The van der Waals surface area contributed by atoms with Crippen molar-refractivity contribution in [1.82, 2.24) is 10.2 Å². The van der Waals surface area contributed by atoms with E-state index in [0.29, 0.717) is 11.2 Å². The lowest BCUT2D eigenvalue weighted by Crippen LogP contribution is -2.45. The van der Waals surface area contributed by atoms with Crippen LogP contribution in [0, 0.1) is 5.41 Å². The Morgan fingerprint density at radius 1 is 1.05 bits per heavy atom. The SMILES string of the molecule is Oc1ccccc1CN1CCC2(CCNCC2)CC1. The molecule has 2 fully saturated rings. The molecule has 0 saturated carbocycles. The third-order valence-corrected chi connectivity index (χ3v) is 4.97. The number of para-hydroxylation sites is 1. The molecule has 1 aromatic carbocycles. The molecule has 2 N–H and O–H groups in total. The number of hydrogen-bond donors (Lipinski definition) is 2. The molecule has 3 heteroatoms. The molecule has 0 bridgehead atoms. The summed E-state index contributed by atoms with van der Waals surface area (Å²) in [5.41, 5.74) is 1.67. The van der Waals surface area contributed by atoms with Crippen molar-refractivity contribution in [3.63, 3.8) is 0 Å². The molecule has 2 heterocycles. The molecule has 3 nitrogen and oxygen atoms in total. The van der Waals surface area contributed by atoms with Gasteiger partial charge in [-0.2, -0.15) is 0 Å². The average molecular weight is 260 g/mol. The minimum absolute atomic E-state index is 0.435. The number of rotatable bonds is 2. The Morgan fingerprint density at radius 3 is 2.42 bits per heavy atom. The summed E-state index contributed by atoms with van der Waals surface area (Å²) in [4.78, 5) is 2.49. The second kappa shape index (κ2) is 5.51. The zero-order chi connectivity index (χ0) is 13.1. The summed E-state index contributed by atoms with van der Waals surface area (Å²) in [6, 6.07) is 7.71. The van der Waals surface area contributed by atoms with Gasteiger partial charge >= 0.3 is 0 Å². The second-order valence-corrected chi connectivity index (χ2v) is 6.15. The maximum Gasteiger partial charge on any atom is 0.120 e. The lowest BCUT2D eigenvalue weighted by Gasteiger charge is -2.44. The molecule has 2 aliphatic heterocycles. The van der Waals surface area contributed by atoms with Gasteiger partial charge in [0, 0.05) is 12.1 Å². The predicted molar refractivity (Wildman–Crippen MR) is 77.2 cm³/mol. The first-order chi connectivity index (χ1) is 9.27. The fraction of sp³-hybridized carbons (Fsp3) is 0.625. The van der Waals surface area contributed by atoms with Crippen LogP contribution in [0.5, 0.6) is 5.75 Å². The van der Waals surface area contributed by atoms with Crippen LogP contribution >= 0.6 is 0 Å². The Morgan fingerprint density at radius 2 is 1.74 bits per heavy atom. The maximum atomic E-state index is 9.85. The third-order valence-electron chi connectivity index (χ3n) is 4.97. The van der Waals surface area contributed by atoms with Crippen molar-refractivity contribution in [1.29, 1.82) is 0 Å². The number of aromatic hydroxyl groups is 1. The van der Waals surface area contributed by atoms with Crippen LogP contribution in [0.3, 0.4) is 0 Å². The van der Waals surface area contributed by atoms with Gasteiger partial charge in [0.1, 0.15) is 5.75 Å². The number of phenols is 1. The van der Waals surface area contributed by atoms with Gasteiger partial charge in [-0.3, -0.25) is 4.90 Å². The van der Waals surface area contributed by atoms with E-state index in [1.54, 1.807) is 6.07 Å². The zero-order valence-electron chi connectivity index (χ0n) is 11.6. The van der Waals surface area contributed by atoms with Crippen LogP contribution in [-0.4, -0.2) is 36.2 Å². The molecule has 0 aliphatic carbocycles. The Balaban J connectivity index is 1.57. The monoisotopic (exact) mass is 260 g/mol. The van der Waals surface area contributed by atoms with Gasteiger partial charge in [-0.05, 0) is 63.3 Å². The summed E-state index contributed by atoms with van der Waals surface area (Å²) >= 11 is 0. The first kappa shape index (κ1) is 12.9. The molecule has 0 amide bonds. The molecule has 3 rings (SSSR count). The molecule has 0 atom stereocenters. The highest BCUT2D eigenvalue weighted by atomic mass is 16.3. The Hall–Kier alpha value is -1.06. The van der Waals surface area contributed by atoms with Gasteiger partial charge in [0.15, 0.2) is 0 Å². The summed E-state index contributed by atoms with van der Waals surface area (Å²) in [6.45, 7) is 5.63. The Kier molecular flexibility index (Phi) is 3.76. The highest BCUT2D eigenvalue weighted by molar-refractivity contribution is 5.31. The van der Waals surface area contributed by atoms with Crippen molar-refractivity contribution in [2.45, 2.75) is 32.2 Å². The molecule has 19 heavy (non-hydrogen) atoms. The van der Waals surface area contributed by atoms with Gasteiger partial charge in [-0.25, -0.2) is 0 Å². The third kappa shape index (κ3) is 2.93. The van der Waals surface area contributed by atoms with Crippen LogP contribution < -0.4 is 5.32 Å². The fourth-order valence-electron chi connectivity index (χ4n) is 3.53. The van der Waals surface area contributed by atoms with Gasteiger partial charge in [-0.15, -0.1) is 0 Å². The van der Waals surface area contributed by atoms with Crippen LogP contribution in [-0.2, 0) is 6.54 Å². The van der Waals surface area contributed by atoms with Crippen molar-refractivity contribution < 1.29 is 5.11 Å². The van der Waals surface area contributed by atoms with E-state index in [2.05, 4.69) is 10.2 Å². The molecular formula is C16H24N2O. The molecule has 0 radical (unpaired) electrons. The number of piperidine rings is 2. The molecular weight excluding hydrogens is 236 g/mol. The van der Waals surface area contributed by atoms with E-state index >= 15 is 0 Å². The number of nitrogens with one attached hydrogen (secondary N) is 1. The summed E-state index contributed by atoms with van der Waals surface area (Å²) in [5.74, 6) is 0.435. The number of hydrogen-bond acceptors (Lipinski definition) is 3. The summed E-state index contributed by atoms with van der Waals surface area (Å²) < 4.78 is 0. The summed E-state index contributed by atoms with van der Waals surface area (Å²) in [7, 11) is 0. The Bertz CT molecular complexity index is 417. The van der Waals surface area contributed by atoms with Gasteiger partial charge in [0.2, 0.25) is 0 Å². The quantitative estimate of drug-likeness (QED) is 0.857. The normalized spacial score (nSPS) is 23.6. The molecule has 1 aromatic rings. The van der Waals surface area contributed by atoms with E-state index < -0.39 is 0 Å². The number of benzene rings is 1. The van der Waals surface area contributed by atoms with Gasteiger partial charge in [-0.1, -0.05) is 18.2 Å². The minimum Gasteiger partial charge on any atom is -0.508 e. The summed E-state index contributed by atoms with van der Waals surface area (Å²) in [5, 5.41) is 13.3. The van der Waals surface area contributed by atoms with Crippen molar-refractivity contribution in [2.24, 2.45) is 5.41 Å². The lowest BCUT2D eigenvalue weighted by molar-refractivity contribution is 0.0697. The van der Waals surface area contributed by atoms with E-state index in [-0.39, 0.29) is 0 Å². The number of phenolic OH excluding ortho intramolecular Hbond substituents is 1. The van der Waals surface area contributed by atoms with Crippen molar-refractivity contribution in [3.05, 3.63) is 29.8 Å². The van der Waals surface area contributed by atoms with Gasteiger partial charge < -0.3 is 10.4 Å². The smallest absolute Gasteiger partial charge is 0.120 e. The highest BCUT2D eigenvalue weighted by Crippen LogP contribution is 2.39. The van der Waals surface area contributed by atoms with Crippen LogP contribution in [0.15, 0.2) is 24.3 Å². The van der Waals surface area contributed by atoms with Crippen LogP contribution in [0.2, 0.25) is 0 Å². The van der Waals surface area contributed by atoms with E-state index in [1.165, 1.54) is 51.9 Å². The molecule has 2 aliphatic rings. The zero-order valence-corrected chi connectivity index (χ0v) is 11.6. The lowest BCUT2D eigenvalue weighted by atomic mass is 9.71. The molecule has 0 aromatic heterocycles. The van der Waals surface area contributed by atoms with E-state index in [0.717, 1.165) is 12.1 Å². The van der Waals surface area contributed by atoms with Crippen molar-refractivity contribution >= 4 is 0 Å². The first-order valence-corrected chi connectivity index (χ1v) is 7.47. The maximum absolute atomic E-state index is 9.85. The van der Waals surface area contributed by atoms with E-state index in [1.807, 2.05) is 18.2 Å². The van der Waals surface area contributed by atoms with E-state index in [9.17, 15) is 5.11 Å². The minimum atomic E-state index is 0.435. The fourth-order valence-corrected chi connectivity index (χ4v) is 3.53. The van der Waals surface area contributed by atoms with Gasteiger partial charge in [0.05, 0.1) is 0 Å². The standard InChI is InChI=1S/C16H24N2O/c19-15-4-2-1-3-14(15)13-18-11-7-16(8-12-18)5-9-17-10-6-16/h1-4,17,19H,5-13H2. The highest BCUT2D eigenvalue weighted by Gasteiger charge is 2.35. The van der Waals surface area contributed by atoms with Crippen LogP contribution in [0.4, 0.5) is 0 Å². The number of likely N-dealkylation sites (tertiary alicyclic amines) is 1. The largest absolute Gasteiger partial charge is 0.508 e. The first-order valence-electron chi connectivity index (χ1n) is 7.47. The topological polar surface area (TPSA) is 35.5 Å². The van der Waals surface area contributed by atoms with Crippen LogP contribution in [0.1, 0.15) is 31.2 Å². The molecule has 1 spiro atoms. The molecule has 104 valence electrons. The Labute approximate surface area is 115 Å². The van der Waals surface area contributed by atoms with Crippen LogP contribution in [0.25, 0.3) is 0 Å². The van der Waals surface area contributed by atoms with Crippen molar-refractivity contribution in [2.75, 3.05) is 26.2 Å². The second-order valence-electron chi connectivity index (χ2n) is 6.15. The van der Waals surface area contributed by atoms with Gasteiger partial charge in [0.25, 0.3) is 0 Å². The van der Waals surface area contributed by atoms with Crippen molar-refractivity contribution in [3.8, 4) is 5.75 Å². The average Bonchev–Trinajstić information content (AvgIpc) is 2.45. The number of nitrogens with zero attached hydrogens (tertiary/aromatic N) is 1. The molecule has 2 saturated heterocycles. The molecule has 0 unspecified atom stereocenters.